The summed E-state index contributed by atoms with van der Waals surface area (Å²) in [6.07, 6.45) is 4.37. The number of carbonyl (C=O) groups excluding carboxylic acids is 1. The standard InChI is InChI=1S/C18H24N2O5S/c1-24-14-6-7-15(25-2)16(10-14)26(22,23)20-9-8-12-11-18(12,20)17(21)19-13-4-3-5-13/h6-7,10,12-13H,3-5,8-9,11H2,1-2H3,(H,19,21). The van der Waals surface area contributed by atoms with Crippen molar-refractivity contribution < 1.29 is 22.7 Å². The maximum atomic E-state index is 13.4. The fourth-order valence-corrected chi connectivity index (χ4v) is 6.12. The lowest BCUT2D eigenvalue weighted by Gasteiger charge is -2.32. The molecule has 142 valence electrons. The van der Waals surface area contributed by atoms with Crippen molar-refractivity contribution in [2.45, 2.75) is 48.6 Å². The molecule has 26 heavy (non-hydrogen) atoms. The number of benzene rings is 1. The molecule has 1 heterocycles. The van der Waals surface area contributed by atoms with Gasteiger partial charge in [0.15, 0.2) is 0 Å². The Morgan fingerprint density at radius 1 is 1.23 bits per heavy atom. The molecule has 0 spiro atoms. The van der Waals surface area contributed by atoms with Crippen molar-refractivity contribution in [3.8, 4) is 11.5 Å². The summed E-state index contributed by atoms with van der Waals surface area (Å²) in [5.41, 5.74) is -0.928. The summed E-state index contributed by atoms with van der Waals surface area (Å²) < 4.78 is 38.6. The van der Waals surface area contributed by atoms with E-state index in [1.165, 1.54) is 24.6 Å². The van der Waals surface area contributed by atoms with E-state index in [9.17, 15) is 13.2 Å². The van der Waals surface area contributed by atoms with Crippen molar-refractivity contribution in [2.75, 3.05) is 20.8 Å². The average Bonchev–Trinajstić information content (AvgIpc) is 3.21. The van der Waals surface area contributed by atoms with Gasteiger partial charge in [-0.2, -0.15) is 4.31 Å². The molecule has 2 saturated carbocycles. The largest absolute Gasteiger partial charge is 0.497 e. The molecule has 1 N–H and O–H groups in total. The summed E-state index contributed by atoms with van der Waals surface area (Å²) in [5, 5.41) is 3.04. The van der Waals surface area contributed by atoms with Crippen molar-refractivity contribution >= 4 is 15.9 Å². The summed E-state index contributed by atoms with van der Waals surface area (Å²) in [6, 6.07) is 4.88. The van der Waals surface area contributed by atoms with Crippen LogP contribution in [-0.2, 0) is 14.8 Å². The third-order valence-corrected chi connectivity index (χ3v) is 7.93. The van der Waals surface area contributed by atoms with Crippen molar-refractivity contribution in [1.29, 1.82) is 0 Å². The molecule has 8 heteroatoms. The van der Waals surface area contributed by atoms with Crippen molar-refractivity contribution in [3.05, 3.63) is 18.2 Å². The van der Waals surface area contributed by atoms with E-state index in [0.717, 1.165) is 19.3 Å². The van der Waals surface area contributed by atoms with Gasteiger partial charge in [0.2, 0.25) is 15.9 Å². The molecule has 0 bridgehead atoms. The van der Waals surface area contributed by atoms with Crippen LogP contribution in [-0.4, -0.2) is 51.0 Å². The Kier molecular flexibility index (Phi) is 4.15. The van der Waals surface area contributed by atoms with Gasteiger partial charge in [-0.15, -0.1) is 0 Å². The van der Waals surface area contributed by atoms with E-state index in [1.807, 2.05) is 0 Å². The monoisotopic (exact) mass is 380 g/mol. The quantitative estimate of drug-likeness (QED) is 0.809. The van der Waals surface area contributed by atoms with Crippen LogP contribution in [0.4, 0.5) is 0 Å². The van der Waals surface area contributed by atoms with Crippen molar-refractivity contribution in [1.82, 2.24) is 9.62 Å². The Hall–Kier alpha value is -1.80. The molecule has 0 radical (unpaired) electrons. The molecule has 1 aromatic rings. The number of fused-ring (bicyclic) bond motifs is 1. The second-order valence-electron chi connectivity index (χ2n) is 7.31. The Labute approximate surface area is 153 Å². The second kappa shape index (κ2) is 6.13. The molecule has 4 rings (SSSR count). The first-order valence-electron chi connectivity index (χ1n) is 8.99. The Morgan fingerprint density at radius 2 is 2.00 bits per heavy atom. The van der Waals surface area contributed by atoms with Gasteiger partial charge in [0.25, 0.3) is 0 Å². The number of hydrogen-bond donors (Lipinski definition) is 1. The van der Waals surface area contributed by atoms with E-state index < -0.39 is 15.6 Å². The lowest BCUT2D eigenvalue weighted by molar-refractivity contribution is -0.127. The number of sulfonamides is 1. The fourth-order valence-electron chi connectivity index (χ4n) is 4.13. The van der Waals surface area contributed by atoms with Crippen LogP contribution in [0, 0.1) is 5.92 Å². The molecule has 2 unspecified atom stereocenters. The molecule has 1 amide bonds. The van der Waals surface area contributed by atoms with Crippen LogP contribution < -0.4 is 14.8 Å². The van der Waals surface area contributed by atoms with Gasteiger partial charge in [0.05, 0.1) is 14.2 Å². The third kappa shape index (κ3) is 2.50. The van der Waals surface area contributed by atoms with Gasteiger partial charge in [-0.1, -0.05) is 0 Å². The van der Waals surface area contributed by atoms with Crippen LogP contribution in [0.5, 0.6) is 11.5 Å². The first-order valence-corrected chi connectivity index (χ1v) is 10.4. The van der Waals surface area contributed by atoms with Crippen LogP contribution >= 0.6 is 0 Å². The smallest absolute Gasteiger partial charge is 0.247 e. The topological polar surface area (TPSA) is 84.9 Å². The molecular formula is C18H24N2O5S. The lowest BCUT2D eigenvalue weighted by Crippen LogP contribution is -2.53. The van der Waals surface area contributed by atoms with E-state index in [-0.39, 0.29) is 28.5 Å². The summed E-state index contributed by atoms with van der Waals surface area (Å²) in [5.74, 6) is 0.650. The summed E-state index contributed by atoms with van der Waals surface area (Å²) in [4.78, 5) is 12.9. The van der Waals surface area contributed by atoms with Gasteiger partial charge in [0, 0.05) is 18.7 Å². The van der Waals surface area contributed by atoms with Gasteiger partial charge in [-0.25, -0.2) is 8.42 Å². The molecule has 7 nitrogen and oxygen atoms in total. The number of nitrogens with zero attached hydrogens (tertiary/aromatic N) is 1. The minimum atomic E-state index is -3.88. The highest BCUT2D eigenvalue weighted by atomic mass is 32.2. The van der Waals surface area contributed by atoms with Gasteiger partial charge < -0.3 is 14.8 Å². The molecule has 1 aliphatic heterocycles. The zero-order chi connectivity index (χ0) is 18.5. The zero-order valence-corrected chi connectivity index (χ0v) is 15.8. The molecule has 2 aliphatic carbocycles. The van der Waals surface area contributed by atoms with Crippen molar-refractivity contribution in [3.63, 3.8) is 0 Å². The number of piperidine rings is 1. The number of nitrogens with one attached hydrogen (secondary N) is 1. The fraction of sp³-hybridized carbons (Fsp3) is 0.611. The van der Waals surface area contributed by atoms with Crippen LogP contribution in [0.15, 0.2) is 23.1 Å². The molecule has 1 aromatic carbocycles. The van der Waals surface area contributed by atoms with Gasteiger partial charge >= 0.3 is 0 Å². The Bertz CT molecular complexity index is 836. The van der Waals surface area contributed by atoms with Crippen LogP contribution in [0.25, 0.3) is 0 Å². The Morgan fingerprint density at radius 3 is 2.58 bits per heavy atom. The number of carbonyl (C=O) groups is 1. The number of amides is 1. The average molecular weight is 380 g/mol. The van der Waals surface area contributed by atoms with E-state index in [0.29, 0.717) is 25.1 Å². The first-order chi connectivity index (χ1) is 12.4. The predicted octanol–water partition coefficient (Wildman–Crippen LogP) is 1.53. The van der Waals surface area contributed by atoms with Crippen molar-refractivity contribution in [2.24, 2.45) is 5.92 Å². The minimum Gasteiger partial charge on any atom is -0.497 e. The van der Waals surface area contributed by atoms with Crippen LogP contribution in [0.1, 0.15) is 32.1 Å². The summed E-state index contributed by atoms with van der Waals surface area (Å²) >= 11 is 0. The number of ether oxygens (including phenoxy) is 2. The van der Waals surface area contributed by atoms with E-state index in [2.05, 4.69) is 5.32 Å². The summed E-state index contributed by atoms with van der Waals surface area (Å²) in [6.45, 7) is 0.353. The maximum Gasteiger partial charge on any atom is 0.247 e. The van der Waals surface area contributed by atoms with Gasteiger partial charge in [-0.3, -0.25) is 4.79 Å². The Balaban J connectivity index is 1.68. The SMILES string of the molecule is COc1ccc(OC)c(S(=O)(=O)N2CCC3CC32C(=O)NC2CCC2)c1. The zero-order valence-electron chi connectivity index (χ0n) is 15.0. The van der Waals surface area contributed by atoms with Crippen LogP contribution in [0.3, 0.4) is 0 Å². The molecule has 0 aromatic heterocycles. The maximum absolute atomic E-state index is 13.4. The highest BCUT2D eigenvalue weighted by molar-refractivity contribution is 7.89. The second-order valence-corrected chi connectivity index (χ2v) is 9.14. The highest BCUT2D eigenvalue weighted by Crippen LogP contribution is 2.58. The molecule has 3 fully saturated rings. The molecule has 1 saturated heterocycles. The number of methoxy groups -OCH3 is 2. The van der Waals surface area contributed by atoms with E-state index >= 15 is 0 Å². The number of rotatable bonds is 6. The lowest BCUT2D eigenvalue weighted by atomic mass is 9.93. The minimum absolute atomic E-state index is 0.0442. The first kappa shape index (κ1) is 17.6. The normalized spacial score (nSPS) is 28.2. The van der Waals surface area contributed by atoms with E-state index in [1.54, 1.807) is 12.1 Å². The highest BCUT2D eigenvalue weighted by Gasteiger charge is 2.70. The third-order valence-electron chi connectivity index (χ3n) is 5.97. The van der Waals surface area contributed by atoms with Crippen LogP contribution in [0.2, 0.25) is 0 Å². The molecule has 3 aliphatic rings. The number of hydrogen-bond acceptors (Lipinski definition) is 5. The van der Waals surface area contributed by atoms with E-state index in [4.69, 9.17) is 9.47 Å². The predicted molar refractivity (Wildman–Crippen MR) is 94.7 cm³/mol. The van der Waals surface area contributed by atoms with Gasteiger partial charge in [0.1, 0.15) is 21.9 Å². The molecule has 2 atom stereocenters. The van der Waals surface area contributed by atoms with Gasteiger partial charge in [-0.05, 0) is 50.2 Å². The molecular weight excluding hydrogens is 356 g/mol. The summed E-state index contributed by atoms with van der Waals surface area (Å²) in [7, 11) is -0.963.